The lowest BCUT2D eigenvalue weighted by atomic mass is 10.0. The zero-order chi connectivity index (χ0) is 19.5. The zero-order valence-corrected chi connectivity index (χ0v) is 16.2. The molecule has 3 atom stereocenters. The standard InChI is InChI=1S/C23H27FN2O2/c1-28-17-10-8-16(9-11-17)22(26-12-4-5-13-26)15-25-23(27)20-14-19(20)18-6-2-3-7-21(18)24/h2-3,6-11,19-20,22H,4-5,12-15H2,1H3,(H,25,27). The van der Waals surface area contributed by atoms with Gasteiger partial charge < -0.3 is 10.1 Å². The van der Waals surface area contributed by atoms with Gasteiger partial charge in [-0.25, -0.2) is 4.39 Å². The second-order valence-corrected chi connectivity index (χ2v) is 7.75. The molecule has 0 spiro atoms. The molecule has 0 radical (unpaired) electrons. The van der Waals surface area contributed by atoms with Gasteiger partial charge in [0.2, 0.25) is 5.91 Å². The molecule has 2 aliphatic rings. The first-order valence-corrected chi connectivity index (χ1v) is 10.1. The summed E-state index contributed by atoms with van der Waals surface area (Å²) in [6.45, 7) is 2.67. The maximum atomic E-state index is 14.0. The summed E-state index contributed by atoms with van der Waals surface area (Å²) in [4.78, 5) is 15.1. The molecular formula is C23H27FN2O2. The van der Waals surface area contributed by atoms with E-state index >= 15 is 0 Å². The lowest BCUT2D eigenvalue weighted by Gasteiger charge is -2.28. The Morgan fingerprint density at radius 2 is 1.89 bits per heavy atom. The molecule has 1 aliphatic heterocycles. The van der Waals surface area contributed by atoms with Crippen LogP contribution in [0.25, 0.3) is 0 Å². The quantitative estimate of drug-likeness (QED) is 0.790. The van der Waals surface area contributed by atoms with E-state index in [9.17, 15) is 9.18 Å². The van der Waals surface area contributed by atoms with Crippen molar-refractivity contribution in [3.8, 4) is 5.75 Å². The average Bonchev–Trinajstić information content (AvgIpc) is 3.34. The summed E-state index contributed by atoms with van der Waals surface area (Å²) >= 11 is 0. The van der Waals surface area contributed by atoms with Crippen molar-refractivity contribution in [2.24, 2.45) is 5.92 Å². The molecule has 0 aromatic heterocycles. The number of methoxy groups -OCH3 is 1. The number of likely N-dealkylation sites (tertiary alicyclic amines) is 1. The smallest absolute Gasteiger partial charge is 0.223 e. The van der Waals surface area contributed by atoms with Gasteiger partial charge in [-0.2, -0.15) is 0 Å². The Hall–Kier alpha value is -2.40. The highest BCUT2D eigenvalue weighted by Gasteiger charge is 2.45. The molecule has 1 aliphatic carbocycles. The van der Waals surface area contributed by atoms with Crippen molar-refractivity contribution in [1.82, 2.24) is 10.2 Å². The molecule has 0 bridgehead atoms. The zero-order valence-electron chi connectivity index (χ0n) is 16.2. The van der Waals surface area contributed by atoms with Gasteiger partial charge in [0.15, 0.2) is 0 Å². The molecule has 1 heterocycles. The van der Waals surface area contributed by atoms with Gasteiger partial charge in [0, 0.05) is 12.5 Å². The van der Waals surface area contributed by atoms with Crippen LogP contribution in [0.2, 0.25) is 0 Å². The molecule has 2 fully saturated rings. The van der Waals surface area contributed by atoms with E-state index in [0.29, 0.717) is 12.1 Å². The van der Waals surface area contributed by atoms with E-state index in [4.69, 9.17) is 4.74 Å². The van der Waals surface area contributed by atoms with E-state index in [1.807, 2.05) is 18.2 Å². The number of halogens is 1. The Kier molecular flexibility index (Phi) is 5.62. The number of rotatable bonds is 7. The molecule has 1 saturated carbocycles. The first-order chi connectivity index (χ1) is 13.7. The Morgan fingerprint density at radius 1 is 1.18 bits per heavy atom. The van der Waals surface area contributed by atoms with Crippen LogP contribution >= 0.6 is 0 Å². The molecule has 148 valence electrons. The van der Waals surface area contributed by atoms with Crippen molar-refractivity contribution in [1.29, 1.82) is 0 Å². The van der Waals surface area contributed by atoms with Gasteiger partial charge >= 0.3 is 0 Å². The fraction of sp³-hybridized carbons (Fsp3) is 0.435. The molecule has 2 aromatic rings. The van der Waals surface area contributed by atoms with Crippen LogP contribution < -0.4 is 10.1 Å². The van der Waals surface area contributed by atoms with Crippen LogP contribution in [0.5, 0.6) is 5.75 Å². The fourth-order valence-electron chi connectivity index (χ4n) is 4.27. The third-order valence-electron chi connectivity index (χ3n) is 5.98. The Labute approximate surface area is 165 Å². The van der Waals surface area contributed by atoms with Crippen molar-refractivity contribution in [3.63, 3.8) is 0 Å². The van der Waals surface area contributed by atoms with E-state index in [-0.39, 0.29) is 29.6 Å². The van der Waals surface area contributed by atoms with Crippen molar-refractivity contribution in [2.75, 3.05) is 26.7 Å². The van der Waals surface area contributed by atoms with Crippen LogP contribution in [0.4, 0.5) is 4.39 Å². The minimum atomic E-state index is -0.212. The normalized spacial score (nSPS) is 22.6. The van der Waals surface area contributed by atoms with Gasteiger partial charge in [-0.15, -0.1) is 0 Å². The summed E-state index contributed by atoms with van der Waals surface area (Å²) in [5.74, 6) is 0.542. The molecule has 3 unspecified atom stereocenters. The van der Waals surface area contributed by atoms with Crippen LogP contribution in [0, 0.1) is 11.7 Å². The maximum Gasteiger partial charge on any atom is 0.223 e. The highest BCUT2D eigenvalue weighted by Crippen LogP contribution is 2.48. The number of carbonyl (C=O) groups excluding carboxylic acids is 1. The SMILES string of the molecule is COc1ccc(C(CNC(=O)C2CC2c2ccccc2F)N2CCCC2)cc1. The van der Waals surface area contributed by atoms with E-state index in [0.717, 1.165) is 25.3 Å². The summed E-state index contributed by atoms with van der Waals surface area (Å²) in [6, 6.07) is 15.0. The summed E-state index contributed by atoms with van der Waals surface area (Å²) in [5.41, 5.74) is 1.85. The highest BCUT2D eigenvalue weighted by molar-refractivity contribution is 5.83. The van der Waals surface area contributed by atoms with Crippen LogP contribution in [0.1, 0.15) is 42.3 Å². The van der Waals surface area contributed by atoms with E-state index < -0.39 is 0 Å². The fourth-order valence-corrected chi connectivity index (χ4v) is 4.27. The number of nitrogens with one attached hydrogen (secondary N) is 1. The van der Waals surface area contributed by atoms with Crippen LogP contribution in [-0.4, -0.2) is 37.6 Å². The summed E-state index contributed by atoms with van der Waals surface area (Å²) < 4.78 is 19.2. The average molecular weight is 382 g/mol. The summed E-state index contributed by atoms with van der Waals surface area (Å²) in [7, 11) is 1.66. The number of hydrogen-bond acceptors (Lipinski definition) is 3. The molecule has 4 nitrogen and oxygen atoms in total. The molecule has 1 N–H and O–H groups in total. The van der Waals surface area contributed by atoms with Crippen LogP contribution in [0.15, 0.2) is 48.5 Å². The van der Waals surface area contributed by atoms with Gasteiger partial charge in [-0.1, -0.05) is 30.3 Å². The second-order valence-electron chi connectivity index (χ2n) is 7.75. The molecule has 1 saturated heterocycles. The minimum Gasteiger partial charge on any atom is -0.497 e. The van der Waals surface area contributed by atoms with E-state index in [1.165, 1.54) is 24.5 Å². The van der Waals surface area contributed by atoms with Crippen molar-refractivity contribution in [2.45, 2.75) is 31.2 Å². The van der Waals surface area contributed by atoms with Gasteiger partial charge in [0.25, 0.3) is 0 Å². The number of benzene rings is 2. The van der Waals surface area contributed by atoms with E-state index in [2.05, 4.69) is 22.3 Å². The lowest BCUT2D eigenvalue weighted by molar-refractivity contribution is -0.122. The molecule has 28 heavy (non-hydrogen) atoms. The molecular weight excluding hydrogens is 355 g/mol. The van der Waals surface area contributed by atoms with Gasteiger partial charge in [0.1, 0.15) is 11.6 Å². The molecule has 5 heteroatoms. The first-order valence-electron chi connectivity index (χ1n) is 10.1. The van der Waals surface area contributed by atoms with Crippen molar-refractivity contribution < 1.29 is 13.9 Å². The number of ether oxygens (including phenoxy) is 1. The van der Waals surface area contributed by atoms with E-state index in [1.54, 1.807) is 19.2 Å². The number of carbonyl (C=O) groups is 1. The Morgan fingerprint density at radius 3 is 2.57 bits per heavy atom. The maximum absolute atomic E-state index is 14.0. The topological polar surface area (TPSA) is 41.6 Å². The largest absolute Gasteiger partial charge is 0.497 e. The summed E-state index contributed by atoms with van der Waals surface area (Å²) in [5, 5.41) is 3.13. The molecule has 1 amide bonds. The number of nitrogens with zero attached hydrogens (tertiary/aromatic N) is 1. The van der Waals surface area contributed by atoms with Gasteiger partial charge in [-0.3, -0.25) is 9.69 Å². The first kappa shape index (κ1) is 18.9. The lowest BCUT2D eigenvalue weighted by Crippen LogP contribution is -2.37. The van der Waals surface area contributed by atoms with Crippen LogP contribution in [0.3, 0.4) is 0 Å². The monoisotopic (exact) mass is 382 g/mol. The van der Waals surface area contributed by atoms with Crippen molar-refractivity contribution in [3.05, 3.63) is 65.5 Å². The third kappa shape index (κ3) is 4.04. The Bertz CT molecular complexity index is 818. The highest BCUT2D eigenvalue weighted by atomic mass is 19.1. The van der Waals surface area contributed by atoms with Gasteiger partial charge in [-0.05, 0) is 67.6 Å². The predicted octanol–water partition coefficient (Wildman–Crippen LogP) is 3.89. The summed E-state index contributed by atoms with van der Waals surface area (Å²) in [6.07, 6.45) is 3.11. The van der Waals surface area contributed by atoms with Gasteiger partial charge in [0.05, 0.1) is 13.2 Å². The second kappa shape index (κ2) is 8.31. The third-order valence-corrected chi connectivity index (χ3v) is 5.98. The Balaban J connectivity index is 1.40. The van der Waals surface area contributed by atoms with Crippen LogP contribution in [-0.2, 0) is 4.79 Å². The molecule has 2 aromatic carbocycles. The number of hydrogen-bond donors (Lipinski definition) is 1. The predicted molar refractivity (Wildman–Crippen MR) is 107 cm³/mol. The number of amides is 1. The minimum absolute atomic E-state index is 0.00687. The van der Waals surface area contributed by atoms with Crippen molar-refractivity contribution >= 4 is 5.91 Å². The molecule has 4 rings (SSSR count).